The fourth-order valence-corrected chi connectivity index (χ4v) is 2.92. The highest BCUT2D eigenvalue weighted by molar-refractivity contribution is 9.10. The number of carboxylic acid groups (broad SMARTS) is 1. The molecular weight excluding hydrogens is 322 g/mol. The van der Waals surface area contributed by atoms with E-state index in [0.29, 0.717) is 11.6 Å². The van der Waals surface area contributed by atoms with Crippen molar-refractivity contribution in [2.24, 2.45) is 11.8 Å². The Bertz CT molecular complexity index is 522. The van der Waals surface area contributed by atoms with Gasteiger partial charge in [-0.15, -0.1) is 0 Å². The molecule has 0 saturated heterocycles. The molecule has 4 nitrogen and oxygen atoms in total. The summed E-state index contributed by atoms with van der Waals surface area (Å²) >= 11 is 3.30. The van der Waals surface area contributed by atoms with Gasteiger partial charge in [-0.2, -0.15) is 0 Å². The van der Waals surface area contributed by atoms with Crippen molar-refractivity contribution in [2.75, 3.05) is 5.32 Å². The Balaban J connectivity index is 2.11. The van der Waals surface area contributed by atoms with Crippen molar-refractivity contribution < 1.29 is 14.7 Å². The molecule has 1 aliphatic carbocycles. The van der Waals surface area contributed by atoms with E-state index >= 15 is 0 Å². The number of rotatable bonds is 3. The van der Waals surface area contributed by atoms with Gasteiger partial charge in [-0.3, -0.25) is 4.79 Å². The molecule has 1 aliphatic rings. The molecule has 1 amide bonds. The molecule has 1 aromatic rings. The lowest BCUT2D eigenvalue weighted by Crippen LogP contribution is -2.27. The third-order valence-electron chi connectivity index (χ3n) is 3.86. The minimum absolute atomic E-state index is 0.00757. The van der Waals surface area contributed by atoms with Crippen LogP contribution in [0, 0.1) is 11.8 Å². The molecule has 0 atom stereocenters. The van der Waals surface area contributed by atoms with Gasteiger partial charge >= 0.3 is 5.97 Å². The maximum atomic E-state index is 12.2. The van der Waals surface area contributed by atoms with Crippen molar-refractivity contribution in [3.63, 3.8) is 0 Å². The second-order valence-corrected chi connectivity index (χ2v) is 6.36. The Kier molecular flexibility index (Phi) is 4.81. The number of nitrogens with one attached hydrogen (secondary N) is 1. The number of amides is 1. The van der Waals surface area contributed by atoms with E-state index in [1.807, 2.05) is 0 Å². The summed E-state index contributed by atoms with van der Waals surface area (Å²) in [4.78, 5) is 23.4. The summed E-state index contributed by atoms with van der Waals surface area (Å²) < 4.78 is 0.745. The third kappa shape index (κ3) is 3.60. The molecule has 0 spiro atoms. The highest BCUT2D eigenvalue weighted by atomic mass is 79.9. The average Bonchev–Trinajstić information content (AvgIpc) is 2.39. The predicted molar refractivity (Wildman–Crippen MR) is 80.9 cm³/mol. The molecule has 1 saturated carbocycles. The molecule has 5 heteroatoms. The maximum absolute atomic E-state index is 12.2. The van der Waals surface area contributed by atoms with Crippen LogP contribution < -0.4 is 5.32 Å². The van der Waals surface area contributed by atoms with E-state index in [-0.39, 0.29) is 17.4 Å². The second kappa shape index (κ2) is 6.39. The van der Waals surface area contributed by atoms with Crippen LogP contribution in [-0.2, 0) is 4.79 Å². The van der Waals surface area contributed by atoms with Crippen LogP contribution in [0.15, 0.2) is 22.7 Å². The van der Waals surface area contributed by atoms with E-state index in [9.17, 15) is 9.59 Å². The van der Waals surface area contributed by atoms with Crippen molar-refractivity contribution in [3.05, 3.63) is 28.2 Å². The van der Waals surface area contributed by atoms with Crippen LogP contribution >= 0.6 is 15.9 Å². The Morgan fingerprint density at radius 3 is 2.50 bits per heavy atom. The van der Waals surface area contributed by atoms with E-state index in [1.54, 1.807) is 12.1 Å². The van der Waals surface area contributed by atoms with Crippen molar-refractivity contribution in [2.45, 2.75) is 32.6 Å². The minimum atomic E-state index is -1.04. The van der Waals surface area contributed by atoms with Crippen molar-refractivity contribution >= 4 is 33.5 Å². The van der Waals surface area contributed by atoms with Gasteiger partial charge < -0.3 is 10.4 Å². The molecule has 108 valence electrons. The highest BCUT2D eigenvalue weighted by Gasteiger charge is 2.25. The molecular formula is C15H18BrNO3. The monoisotopic (exact) mass is 339 g/mol. The number of carboxylic acids is 1. The van der Waals surface area contributed by atoms with Crippen LogP contribution in [0.3, 0.4) is 0 Å². The number of hydrogen-bond acceptors (Lipinski definition) is 2. The first-order chi connectivity index (χ1) is 9.47. The SMILES string of the molecule is CC1CCC(C(=O)Nc2cc(Br)ccc2C(=O)O)CC1. The van der Waals surface area contributed by atoms with E-state index in [1.165, 1.54) is 6.07 Å². The molecule has 0 aliphatic heterocycles. The van der Waals surface area contributed by atoms with Gasteiger partial charge in [-0.25, -0.2) is 4.79 Å². The Hall–Kier alpha value is -1.36. The topological polar surface area (TPSA) is 66.4 Å². The van der Waals surface area contributed by atoms with Crippen molar-refractivity contribution in [3.8, 4) is 0 Å². The summed E-state index contributed by atoms with van der Waals surface area (Å²) in [5.74, 6) is -0.436. The van der Waals surface area contributed by atoms with Crippen molar-refractivity contribution in [1.29, 1.82) is 0 Å². The van der Waals surface area contributed by atoms with Crippen LogP contribution in [0.25, 0.3) is 0 Å². The van der Waals surface area contributed by atoms with Gasteiger partial charge in [0.1, 0.15) is 0 Å². The first-order valence-electron chi connectivity index (χ1n) is 6.81. The Labute approximate surface area is 126 Å². The van der Waals surface area contributed by atoms with Gasteiger partial charge in [-0.1, -0.05) is 22.9 Å². The number of halogens is 1. The third-order valence-corrected chi connectivity index (χ3v) is 4.35. The molecule has 0 aromatic heterocycles. The van der Waals surface area contributed by atoms with Gasteiger partial charge in [0, 0.05) is 10.4 Å². The molecule has 1 fully saturated rings. The van der Waals surface area contributed by atoms with Gasteiger partial charge in [0.15, 0.2) is 0 Å². The summed E-state index contributed by atoms with van der Waals surface area (Å²) in [6.45, 7) is 2.20. The van der Waals surface area contributed by atoms with Crippen LogP contribution in [0.1, 0.15) is 43.0 Å². The zero-order valence-corrected chi connectivity index (χ0v) is 12.9. The van der Waals surface area contributed by atoms with E-state index in [0.717, 1.165) is 30.2 Å². The Morgan fingerprint density at radius 1 is 1.25 bits per heavy atom. The lowest BCUT2D eigenvalue weighted by Gasteiger charge is -2.25. The Morgan fingerprint density at radius 2 is 1.90 bits per heavy atom. The van der Waals surface area contributed by atoms with Gasteiger partial charge in [0.05, 0.1) is 11.3 Å². The molecule has 0 unspecified atom stereocenters. The molecule has 2 N–H and O–H groups in total. The first kappa shape index (κ1) is 15.0. The van der Waals surface area contributed by atoms with Gasteiger partial charge in [0.2, 0.25) is 5.91 Å². The smallest absolute Gasteiger partial charge is 0.337 e. The fourth-order valence-electron chi connectivity index (χ4n) is 2.56. The second-order valence-electron chi connectivity index (χ2n) is 5.44. The average molecular weight is 340 g/mol. The number of carbonyl (C=O) groups is 2. The normalized spacial score (nSPS) is 22.3. The minimum Gasteiger partial charge on any atom is -0.478 e. The quantitative estimate of drug-likeness (QED) is 0.877. The zero-order valence-electron chi connectivity index (χ0n) is 11.4. The van der Waals surface area contributed by atoms with Crippen molar-refractivity contribution in [1.82, 2.24) is 0 Å². The molecule has 0 heterocycles. The molecule has 0 bridgehead atoms. The van der Waals surface area contributed by atoms with E-state index < -0.39 is 5.97 Å². The summed E-state index contributed by atoms with van der Waals surface area (Å²) in [6, 6.07) is 4.78. The lowest BCUT2D eigenvalue weighted by atomic mass is 9.82. The molecule has 20 heavy (non-hydrogen) atoms. The molecule has 2 rings (SSSR count). The molecule has 1 aromatic carbocycles. The molecule has 0 radical (unpaired) electrons. The van der Waals surface area contributed by atoms with E-state index in [2.05, 4.69) is 28.2 Å². The lowest BCUT2D eigenvalue weighted by molar-refractivity contribution is -0.121. The zero-order chi connectivity index (χ0) is 14.7. The standard InChI is InChI=1S/C15H18BrNO3/c1-9-2-4-10(5-3-9)14(18)17-13-8-11(16)6-7-12(13)15(19)20/h6-10H,2-5H2,1H3,(H,17,18)(H,19,20). The van der Waals surface area contributed by atoms with Crippen LogP contribution in [0.4, 0.5) is 5.69 Å². The van der Waals surface area contributed by atoms with Gasteiger partial charge in [-0.05, 0) is 49.8 Å². The first-order valence-corrected chi connectivity index (χ1v) is 7.60. The summed E-state index contributed by atoms with van der Waals surface area (Å²) in [6.07, 6.45) is 3.87. The largest absolute Gasteiger partial charge is 0.478 e. The summed E-state index contributed by atoms with van der Waals surface area (Å²) in [7, 11) is 0. The maximum Gasteiger partial charge on any atom is 0.337 e. The fraction of sp³-hybridized carbons (Fsp3) is 0.467. The van der Waals surface area contributed by atoms with Crippen LogP contribution in [-0.4, -0.2) is 17.0 Å². The summed E-state index contributed by atoms with van der Waals surface area (Å²) in [5.41, 5.74) is 0.473. The van der Waals surface area contributed by atoms with Crippen LogP contribution in [0.2, 0.25) is 0 Å². The number of carbonyl (C=O) groups excluding carboxylic acids is 1. The highest BCUT2D eigenvalue weighted by Crippen LogP contribution is 2.30. The summed E-state index contributed by atoms with van der Waals surface area (Å²) in [5, 5.41) is 11.9. The predicted octanol–water partition coefficient (Wildman–Crippen LogP) is 3.91. The number of aromatic carboxylic acids is 1. The van der Waals surface area contributed by atoms with Gasteiger partial charge in [0.25, 0.3) is 0 Å². The number of hydrogen-bond donors (Lipinski definition) is 2. The van der Waals surface area contributed by atoms with E-state index in [4.69, 9.17) is 5.11 Å². The van der Waals surface area contributed by atoms with Crippen LogP contribution in [0.5, 0.6) is 0 Å². The number of benzene rings is 1. The number of anilines is 1.